The lowest BCUT2D eigenvalue weighted by atomic mass is 9.94. The quantitative estimate of drug-likeness (QED) is 0.498. The molecule has 0 saturated carbocycles. The number of benzene rings is 1. The number of anilines is 1. The number of carbonyl (C=O) groups is 2. The summed E-state index contributed by atoms with van der Waals surface area (Å²) in [7, 11) is 0. The highest BCUT2D eigenvalue weighted by Crippen LogP contribution is 2.26. The maximum Gasteiger partial charge on any atom is 0.272 e. The zero-order valence-corrected chi connectivity index (χ0v) is 22.8. The largest absolute Gasteiger partial charge is 0.390 e. The molecule has 2 N–H and O–H groups in total. The molecular formula is C29H36N8O3. The van der Waals surface area contributed by atoms with E-state index in [0.717, 1.165) is 32.4 Å². The topological polar surface area (TPSA) is 120 Å². The van der Waals surface area contributed by atoms with Crippen molar-refractivity contribution in [1.82, 2.24) is 34.2 Å². The van der Waals surface area contributed by atoms with Gasteiger partial charge >= 0.3 is 0 Å². The van der Waals surface area contributed by atoms with Crippen molar-refractivity contribution in [2.24, 2.45) is 0 Å². The summed E-state index contributed by atoms with van der Waals surface area (Å²) in [5.74, 6) is 0.784. The monoisotopic (exact) mass is 544 g/mol. The van der Waals surface area contributed by atoms with Crippen molar-refractivity contribution in [2.75, 3.05) is 38.0 Å². The Bertz CT molecular complexity index is 1360. The average molecular weight is 545 g/mol. The smallest absolute Gasteiger partial charge is 0.272 e. The van der Waals surface area contributed by atoms with Crippen molar-refractivity contribution in [3.8, 4) is 5.95 Å². The Balaban J connectivity index is 1.15. The molecule has 2 amide bonds. The molecule has 1 aromatic carbocycles. The molecule has 3 aliphatic heterocycles. The number of amides is 2. The first-order valence-corrected chi connectivity index (χ1v) is 14.1. The van der Waals surface area contributed by atoms with E-state index in [0.29, 0.717) is 37.8 Å². The predicted molar refractivity (Wildman–Crippen MR) is 149 cm³/mol. The third-order valence-electron chi connectivity index (χ3n) is 8.42. The van der Waals surface area contributed by atoms with Crippen LogP contribution in [0.5, 0.6) is 0 Å². The molecule has 2 saturated heterocycles. The molecule has 11 heteroatoms. The first kappa shape index (κ1) is 26.4. The zero-order valence-electron chi connectivity index (χ0n) is 22.8. The third-order valence-corrected chi connectivity index (χ3v) is 8.42. The molecule has 0 radical (unpaired) electrons. The second-order valence-electron chi connectivity index (χ2n) is 11.0. The summed E-state index contributed by atoms with van der Waals surface area (Å²) in [4.78, 5) is 44.6. The van der Waals surface area contributed by atoms with Crippen molar-refractivity contribution < 1.29 is 14.7 Å². The minimum Gasteiger partial charge on any atom is -0.390 e. The highest BCUT2D eigenvalue weighted by atomic mass is 16.3. The molecule has 0 bridgehead atoms. The lowest BCUT2D eigenvalue weighted by Gasteiger charge is -2.43. The van der Waals surface area contributed by atoms with Gasteiger partial charge in [0.15, 0.2) is 0 Å². The van der Waals surface area contributed by atoms with Crippen molar-refractivity contribution in [3.63, 3.8) is 0 Å². The second-order valence-corrected chi connectivity index (χ2v) is 11.0. The summed E-state index contributed by atoms with van der Waals surface area (Å²) in [5.41, 5.74) is 2.98. The fourth-order valence-corrected chi connectivity index (χ4v) is 6.15. The highest BCUT2D eigenvalue weighted by molar-refractivity contribution is 5.93. The zero-order chi connectivity index (χ0) is 27.6. The summed E-state index contributed by atoms with van der Waals surface area (Å²) < 4.78 is 1.68. The first-order valence-electron chi connectivity index (χ1n) is 14.1. The van der Waals surface area contributed by atoms with E-state index < -0.39 is 6.10 Å². The van der Waals surface area contributed by atoms with Crippen LogP contribution in [0.1, 0.15) is 47.8 Å². The van der Waals surface area contributed by atoms with E-state index in [1.54, 1.807) is 41.2 Å². The Morgan fingerprint density at radius 1 is 1.00 bits per heavy atom. The van der Waals surface area contributed by atoms with E-state index in [1.807, 2.05) is 4.90 Å². The molecule has 2 atom stereocenters. The van der Waals surface area contributed by atoms with Gasteiger partial charge in [-0.15, -0.1) is 0 Å². The van der Waals surface area contributed by atoms with Gasteiger partial charge < -0.3 is 20.2 Å². The standard InChI is InChI=1S/C29H36N8O3/c1-20(38)34-12-7-23(8-13-34)31-27-16-24(32-29(33-27)37-15-10-30-19-37)28(40)36-14-9-25(26(39)18-36)35-11-6-21-4-2-3-5-22(21)17-35/h2-5,10,15-16,19,23,25-26,39H,6-9,11-14,17-18H2,1H3,(H,31,32,33)/t25-,26-/m0/s1. The number of rotatable bonds is 5. The van der Waals surface area contributed by atoms with Gasteiger partial charge in [0.2, 0.25) is 11.9 Å². The van der Waals surface area contributed by atoms with Crippen molar-refractivity contribution in [3.05, 3.63) is 65.9 Å². The minimum absolute atomic E-state index is 0.0161. The van der Waals surface area contributed by atoms with Crippen LogP contribution in [-0.2, 0) is 17.8 Å². The Kier molecular flexibility index (Phi) is 7.48. The van der Waals surface area contributed by atoms with Gasteiger partial charge in [0.25, 0.3) is 5.91 Å². The molecule has 0 spiro atoms. The van der Waals surface area contributed by atoms with Crippen LogP contribution in [-0.4, -0.2) is 102 Å². The molecule has 3 aromatic rings. The number of piperidine rings is 2. The van der Waals surface area contributed by atoms with Crippen molar-refractivity contribution >= 4 is 17.6 Å². The fourth-order valence-electron chi connectivity index (χ4n) is 6.15. The van der Waals surface area contributed by atoms with Gasteiger partial charge in [0, 0.05) is 76.7 Å². The lowest BCUT2D eigenvalue weighted by Crippen LogP contribution is -2.56. The number of aliphatic hydroxyl groups excluding tert-OH is 1. The van der Waals surface area contributed by atoms with Gasteiger partial charge in [0.05, 0.1) is 6.10 Å². The number of nitrogens with one attached hydrogen (secondary N) is 1. The van der Waals surface area contributed by atoms with Crippen molar-refractivity contribution in [1.29, 1.82) is 0 Å². The van der Waals surface area contributed by atoms with Crippen LogP contribution in [0.4, 0.5) is 5.82 Å². The molecule has 0 unspecified atom stereocenters. The number of β-amino-alcohol motifs (C(OH)–C–C–N with tert-alkyl or cyclic N) is 1. The van der Waals surface area contributed by atoms with Crippen LogP contribution < -0.4 is 5.32 Å². The fraction of sp³-hybridized carbons (Fsp3) is 0.483. The van der Waals surface area contributed by atoms with E-state index >= 15 is 0 Å². The highest BCUT2D eigenvalue weighted by Gasteiger charge is 2.36. The van der Waals surface area contributed by atoms with Crippen LogP contribution in [0.25, 0.3) is 5.95 Å². The maximum absolute atomic E-state index is 13.7. The Labute approximate surface area is 233 Å². The number of hydrogen-bond donors (Lipinski definition) is 2. The van der Waals surface area contributed by atoms with Gasteiger partial charge in [-0.3, -0.25) is 19.1 Å². The van der Waals surface area contributed by atoms with Crippen LogP contribution in [0.2, 0.25) is 0 Å². The number of nitrogens with zero attached hydrogens (tertiary/aromatic N) is 7. The van der Waals surface area contributed by atoms with E-state index in [1.165, 1.54) is 11.1 Å². The van der Waals surface area contributed by atoms with Gasteiger partial charge in [-0.05, 0) is 36.8 Å². The number of aliphatic hydroxyl groups is 1. The molecular weight excluding hydrogens is 508 g/mol. The van der Waals surface area contributed by atoms with E-state index in [9.17, 15) is 14.7 Å². The summed E-state index contributed by atoms with van der Waals surface area (Å²) in [6.07, 6.45) is 7.62. The molecule has 40 heavy (non-hydrogen) atoms. The molecule has 5 heterocycles. The first-order chi connectivity index (χ1) is 19.4. The summed E-state index contributed by atoms with van der Waals surface area (Å²) in [6.45, 7) is 5.52. The number of likely N-dealkylation sites (tertiary alicyclic amines) is 2. The van der Waals surface area contributed by atoms with Crippen LogP contribution >= 0.6 is 0 Å². The van der Waals surface area contributed by atoms with Crippen LogP contribution in [0, 0.1) is 0 Å². The van der Waals surface area contributed by atoms with Crippen LogP contribution in [0.15, 0.2) is 49.1 Å². The minimum atomic E-state index is -0.637. The lowest BCUT2D eigenvalue weighted by molar-refractivity contribution is -0.129. The van der Waals surface area contributed by atoms with Gasteiger partial charge in [-0.2, -0.15) is 4.98 Å². The number of imidazole rings is 1. The number of hydrogen-bond acceptors (Lipinski definition) is 8. The Morgan fingerprint density at radius 2 is 1.77 bits per heavy atom. The van der Waals surface area contributed by atoms with Crippen molar-refractivity contribution in [2.45, 2.75) is 57.3 Å². The third kappa shape index (κ3) is 5.57. The molecule has 6 rings (SSSR count). The Morgan fingerprint density at radius 3 is 2.50 bits per heavy atom. The molecule has 3 aliphatic rings. The predicted octanol–water partition coefficient (Wildman–Crippen LogP) is 1.72. The second kappa shape index (κ2) is 11.3. The summed E-state index contributed by atoms with van der Waals surface area (Å²) in [6, 6.07) is 10.3. The number of carbonyl (C=O) groups excluding carboxylic acids is 2. The normalized spacial score (nSPS) is 22.1. The van der Waals surface area contributed by atoms with E-state index in [-0.39, 0.29) is 36.1 Å². The Hall–Kier alpha value is -3.83. The molecule has 0 aliphatic carbocycles. The van der Waals surface area contributed by atoms with Crippen LogP contribution in [0.3, 0.4) is 0 Å². The molecule has 2 aromatic heterocycles. The number of aromatic nitrogens is 4. The molecule has 2 fully saturated rings. The van der Waals surface area contributed by atoms with E-state index in [2.05, 4.69) is 49.4 Å². The number of fused-ring (bicyclic) bond motifs is 1. The molecule has 11 nitrogen and oxygen atoms in total. The summed E-state index contributed by atoms with van der Waals surface area (Å²) >= 11 is 0. The molecule has 210 valence electrons. The van der Waals surface area contributed by atoms with Gasteiger partial charge in [-0.25, -0.2) is 9.97 Å². The van der Waals surface area contributed by atoms with Gasteiger partial charge in [-0.1, -0.05) is 24.3 Å². The SMILES string of the molecule is CC(=O)N1CCC(Nc2cc(C(=O)N3CC[C@H](N4CCc5ccccc5C4)[C@@H](O)C3)nc(-n3ccnc3)n2)CC1. The summed E-state index contributed by atoms with van der Waals surface area (Å²) in [5, 5.41) is 14.6. The maximum atomic E-state index is 13.7. The van der Waals surface area contributed by atoms with E-state index in [4.69, 9.17) is 0 Å². The van der Waals surface area contributed by atoms with Gasteiger partial charge in [0.1, 0.15) is 17.8 Å². The average Bonchev–Trinajstić information content (AvgIpc) is 3.52.